The SMILES string of the molecule is CCC(=O)N(c1ccc(C(C)CNS(=O)(=O)C(C)C)cc1)C1CCCNC1. The Kier molecular flexibility index (Phi) is 7.82. The van der Waals surface area contributed by atoms with Crippen LogP contribution in [0.5, 0.6) is 0 Å². The van der Waals surface area contributed by atoms with Gasteiger partial charge in [-0.15, -0.1) is 0 Å². The Balaban J connectivity index is 2.10. The van der Waals surface area contributed by atoms with Crippen LogP contribution in [0.2, 0.25) is 0 Å². The lowest BCUT2D eigenvalue weighted by Gasteiger charge is -2.35. The van der Waals surface area contributed by atoms with Crippen molar-refractivity contribution in [3.8, 4) is 0 Å². The monoisotopic (exact) mass is 395 g/mol. The zero-order valence-corrected chi connectivity index (χ0v) is 17.7. The average Bonchev–Trinajstić information content (AvgIpc) is 2.67. The van der Waals surface area contributed by atoms with E-state index in [2.05, 4.69) is 10.0 Å². The largest absolute Gasteiger partial charge is 0.315 e. The molecule has 1 aliphatic heterocycles. The van der Waals surface area contributed by atoms with Crippen LogP contribution in [0.1, 0.15) is 58.4 Å². The van der Waals surface area contributed by atoms with Crippen molar-refractivity contribution in [1.82, 2.24) is 10.0 Å². The van der Waals surface area contributed by atoms with Crippen LogP contribution in [0.25, 0.3) is 0 Å². The van der Waals surface area contributed by atoms with Gasteiger partial charge in [0.15, 0.2) is 0 Å². The fourth-order valence-electron chi connectivity index (χ4n) is 3.27. The smallest absolute Gasteiger partial charge is 0.227 e. The van der Waals surface area contributed by atoms with Crippen molar-refractivity contribution in [2.45, 2.75) is 64.2 Å². The summed E-state index contributed by atoms with van der Waals surface area (Å²) in [4.78, 5) is 14.4. The summed E-state index contributed by atoms with van der Waals surface area (Å²) >= 11 is 0. The van der Waals surface area contributed by atoms with E-state index in [9.17, 15) is 13.2 Å². The molecule has 0 aliphatic carbocycles. The quantitative estimate of drug-likeness (QED) is 0.709. The number of benzene rings is 1. The highest BCUT2D eigenvalue weighted by Gasteiger charge is 2.26. The van der Waals surface area contributed by atoms with Crippen molar-refractivity contribution in [2.24, 2.45) is 0 Å². The number of amides is 1. The minimum Gasteiger partial charge on any atom is -0.315 e. The van der Waals surface area contributed by atoms with Crippen LogP contribution in [0.15, 0.2) is 24.3 Å². The summed E-state index contributed by atoms with van der Waals surface area (Å²) in [5, 5.41) is 2.93. The summed E-state index contributed by atoms with van der Waals surface area (Å²) in [6.07, 6.45) is 2.56. The predicted octanol–water partition coefficient (Wildman–Crippen LogP) is 2.61. The Morgan fingerprint density at radius 1 is 1.26 bits per heavy atom. The minimum atomic E-state index is -3.26. The van der Waals surface area contributed by atoms with Crippen LogP contribution >= 0.6 is 0 Å². The third-order valence-corrected chi connectivity index (χ3v) is 6.97. The molecule has 0 radical (unpaired) electrons. The lowest BCUT2D eigenvalue weighted by atomic mass is 10.00. The van der Waals surface area contributed by atoms with E-state index in [0.717, 1.165) is 37.2 Å². The summed E-state index contributed by atoms with van der Waals surface area (Å²) in [5.74, 6) is 0.188. The van der Waals surface area contributed by atoms with E-state index in [0.29, 0.717) is 13.0 Å². The maximum absolute atomic E-state index is 12.5. The number of nitrogens with one attached hydrogen (secondary N) is 2. The Morgan fingerprint density at radius 2 is 1.93 bits per heavy atom. The summed E-state index contributed by atoms with van der Waals surface area (Å²) in [6.45, 7) is 9.42. The number of piperidine rings is 1. The van der Waals surface area contributed by atoms with Gasteiger partial charge in [0, 0.05) is 31.2 Å². The molecule has 1 aliphatic rings. The second-order valence-electron chi connectivity index (χ2n) is 7.55. The molecule has 0 spiro atoms. The molecule has 2 atom stereocenters. The third-order valence-electron chi connectivity index (χ3n) is 5.16. The molecule has 7 heteroatoms. The second-order valence-corrected chi connectivity index (χ2v) is 9.87. The van der Waals surface area contributed by atoms with Crippen LogP contribution in [-0.2, 0) is 14.8 Å². The molecule has 0 saturated carbocycles. The number of rotatable bonds is 8. The minimum absolute atomic E-state index is 0.0549. The molecule has 2 rings (SSSR count). The van der Waals surface area contributed by atoms with Crippen LogP contribution in [-0.4, -0.2) is 45.3 Å². The van der Waals surface area contributed by atoms with Crippen LogP contribution < -0.4 is 14.9 Å². The Hall–Kier alpha value is -1.44. The maximum atomic E-state index is 12.5. The Bertz CT molecular complexity index is 710. The zero-order valence-electron chi connectivity index (χ0n) is 16.9. The van der Waals surface area contributed by atoms with Gasteiger partial charge in [-0.25, -0.2) is 13.1 Å². The normalized spacial score (nSPS) is 19.1. The number of hydrogen-bond donors (Lipinski definition) is 2. The predicted molar refractivity (Wildman–Crippen MR) is 111 cm³/mol. The highest BCUT2D eigenvalue weighted by molar-refractivity contribution is 7.90. The first-order valence-electron chi connectivity index (χ1n) is 9.87. The molecule has 1 aromatic rings. The van der Waals surface area contributed by atoms with Gasteiger partial charge in [-0.3, -0.25) is 4.79 Å². The van der Waals surface area contributed by atoms with E-state index in [-0.39, 0.29) is 17.9 Å². The lowest BCUT2D eigenvalue weighted by molar-refractivity contribution is -0.118. The molecule has 1 saturated heterocycles. The molecular formula is C20H33N3O3S. The zero-order chi connectivity index (χ0) is 20.0. The van der Waals surface area contributed by atoms with E-state index in [1.807, 2.05) is 43.0 Å². The van der Waals surface area contributed by atoms with Gasteiger partial charge < -0.3 is 10.2 Å². The van der Waals surface area contributed by atoms with Crippen molar-refractivity contribution in [1.29, 1.82) is 0 Å². The first kappa shape index (κ1) is 21.9. The third kappa shape index (κ3) is 5.77. The molecule has 2 unspecified atom stereocenters. The van der Waals surface area contributed by atoms with Crippen molar-refractivity contribution < 1.29 is 13.2 Å². The number of carbonyl (C=O) groups is 1. The van der Waals surface area contributed by atoms with Gasteiger partial charge in [0.05, 0.1) is 5.25 Å². The van der Waals surface area contributed by atoms with Gasteiger partial charge in [0.25, 0.3) is 0 Å². The number of hydrogen-bond acceptors (Lipinski definition) is 4. The number of carbonyl (C=O) groups excluding carboxylic acids is 1. The fourth-order valence-corrected chi connectivity index (χ4v) is 4.09. The van der Waals surface area contributed by atoms with Gasteiger partial charge in [0.2, 0.25) is 15.9 Å². The average molecular weight is 396 g/mol. The standard InChI is InChI=1S/C20H33N3O3S/c1-5-20(24)23(19-7-6-12-21-14-19)18-10-8-17(9-11-18)16(4)13-22-27(25,26)15(2)3/h8-11,15-16,19,21-22H,5-7,12-14H2,1-4H3. The van der Waals surface area contributed by atoms with Gasteiger partial charge >= 0.3 is 0 Å². The van der Waals surface area contributed by atoms with Gasteiger partial charge in [-0.05, 0) is 56.8 Å². The van der Waals surface area contributed by atoms with Gasteiger partial charge in [-0.2, -0.15) is 0 Å². The maximum Gasteiger partial charge on any atom is 0.227 e. The summed E-state index contributed by atoms with van der Waals surface area (Å²) in [7, 11) is -3.26. The first-order valence-corrected chi connectivity index (χ1v) is 11.4. The van der Waals surface area contributed by atoms with E-state index in [1.54, 1.807) is 13.8 Å². The van der Waals surface area contributed by atoms with Crippen LogP contribution in [0, 0.1) is 0 Å². The molecule has 0 bridgehead atoms. The molecule has 152 valence electrons. The highest BCUT2D eigenvalue weighted by Crippen LogP contribution is 2.25. The van der Waals surface area contributed by atoms with Crippen molar-refractivity contribution >= 4 is 21.6 Å². The number of sulfonamides is 1. The van der Waals surface area contributed by atoms with Crippen LogP contribution in [0.4, 0.5) is 5.69 Å². The molecule has 6 nitrogen and oxygen atoms in total. The van der Waals surface area contributed by atoms with Crippen LogP contribution in [0.3, 0.4) is 0 Å². The lowest BCUT2D eigenvalue weighted by Crippen LogP contribution is -2.48. The summed E-state index contributed by atoms with van der Waals surface area (Å²) in [6, 6.07) is 8.13. The summed E-state index contributed by atoms with van der Waals surface area (Å²) in [5.41, 5.74) is 1.96. The highest BCUT2D eigenvalue weighted by atomic mass is 32.2. The number of anilines is 1. The molecule has 1 amide bonds. The summed E-state index contributed by atoms with van der Waals surface area (Å²) < 4.78 is 26.5. The Morgan fingerprint density at radius 3 is 2.44 bits per heavy atom. The van der Waals surface area contributed by atoms with Crippen molar-refractivity contribution in [3.05, 3.63) is 29.8 Å². The van der Waals surface area contributed by atoms with E-state index in [4.69, 9.17) is 0 Å². The molecule has 1 aromatic carbocycles. The molecule has 2 N–H and O–H groups in total. The molecule has 27 heavy (non-hydrogen) atoms. The second kappa shape index (κ2) is 9.66. The first-order chi connectivity index (χ1) is 12.8. The van der Waals surface area contributed by atoms with E-state index < -0.39 is 15.3 Å². The number of nitrogens with zero attached hydrogens (tertiary/aromatic N) is 1. The van der Waals surface area contributed by atoms with Crippen molar-refractivity contribution in [2.75, 3.05) is 24.5 Å². The van der Waals surface area contributed by atoms with Crippen molar-refractivity contribution in [3.63, 3.8) is 0 Å². The fraction of sp³-hybridized carbons (Fsp3) is 0.650. The topological polar surface area (TPSA) is 78.5 Å². The molecule has 1 fully saturated rings. The molecular weight excluding hydrogens is 362 g/mol. The van der Waals surface area contributed by atoms with E-state index in [1.165, 1.54) is 0 Å². The molecule has 0 aromatic heterocycles. The molecule has 1 heterocycles. The van der Waals surface area contributed by atoms with E-state index >= 15 is 0 Å². The Labute approximate surface area is 163 Å². The van der Waals surface area contributed by atoms with Gasteiger partial charge in [0.1, 0.15) is 0 Å². The van der Waals surface area contributed by atoms with Gasteiger partial charge in [-0.1, -0.05) is 26.0 Å².